The van der Waals surface area contributed by atoms with E-state index in [1.54, 1.807) is 25.1 Å². The monoisotopic (exact) mass is 285 g/mol. The van der Waals surface area contributed by atoms with E-state index in [1.165, 1.54) is 18.3 Å². The number of aromatic nitrogens is 1. The van der Waals surface area contributed by atoms with Crippen molar-refractivity contribution in [2.45, 2.75) is 13.8 Å². The summed E-state index contributed by atoms with van der Waals surface area (Å²) in [5.41, 5.74) is 1.45. The van der Waals surface area contributed by atoms with Crippen molar-refractivity contribution in [3.63, 3.8) is 0 Å². The van der Waals surface area contributed by atoms with Gasteiger partial charge in [-0.05, 0) is 43.7 Å². The standard InChI is InChI=1S/C16H12FNO3/c1-9-10(2)16(19)21-14-8-11(5-6-12(9)14)20-15-13(17)4-3-7-18-15/h3-8H,1-2H3. The van der Waals surface area contributed by atoms with Crippen molar-refractivity contribution >= 4 is 11.0 Å². The fraction of sp³-hybridized carbons (Fsp3) is 0.125. The second-order valence-corrected chi connectivity index (χ2v) is 4.69. The molecule has 0 fully saturated rings. The van der Waals surface area contributed by atoms with E-state index in [-0.39, 0.29) is 11.5 Å². The zero-order chi connectivity index (χ0) is 15.0. The topological polar surface area (TPSA) is 52.3 Å². The fourth-order valence-corrected chi connectivity index (χ4v) is 2.05. The lowest BCUT2D eigenvalue weighted by atomic mass is 10.1. The molecule has 0 saturated heterocycles. The molecule has 0 aliphatic rings. The predicted molar refractivity (Wildman–Crippen MR) is 76.2 cm³/mol. The highest BCUT2D eigenvalue weighted by molar-refractivity contribution is 5.82. The van der Waals surface area contributed by atoms with Gasteiger partial charge in [-0.25, -0.2) is 14.2 Å². The summed E-state index contributed by atoms with van der Waals surface area (Å²) < 4.78 is 24.1. The Labute approximate surface area is 119 Å². The van der Waals surface area contributed by atoms with E-state index < -0.39 is 5.82 Å². The van der Waals surface area contributed by atoms with Gasteiger partial charge in [-0.1, -0.05) is 0 Å². The Morgan fingerprint density at radius 2 is 2.00 bits per heavy atom. The molecule has 1 aromatic carbocycles. The van der Waals surface area contributed by atoms with Crippen molar-refractivity contribution < 1.29 is 13.5 Å². The lowest BCUT2D eigenvalue weighted by Gasteiger charge is -2.08. The molecule has 0 unspecified atom stereocenters. The first-order chi connectivity index (χ1) is 10.1. The third-order valence-electron chi connectivity index (χ3n) is 3.37. The van der Waals surface area contributed by atoms with Crippen LogP contribution in [0.3, 0.4) is 0 Å². The van der Waals surface area contributed by atoms with Gasteiger partial charge in [-0.15, -0.1) is 0 Å². The molecule has 0 saturated carbocycles. The third-order valence-corrected chi connectivity index (χ3v) is 3.37. The normalized spacial score (nSPS) is 10.8. The number of hydrogen-bond acceptors (Lipinski definition) is 4. The number of fused-ring (bicyclic) bond motifs is 1. The van der Waals surface area contributed by atoms with Crippen molar-refractivity contribution in [2.24, 2.45) is 0 Å². The molecule has 0 amide bonds. The van der Waals surface area contributed by atoms with Gasteiger partial charge in [0.1, 0.15) is 11.3 Å². The molecule has 0 aliphatic carbocycles. The Morgan fingerprint density at radius 3 is 2.76 bits per heavy atom. The van der Waals surface area contributed by atoms with E-state index >= 15 is 0 Å². The number of hydrogen-bond donors (Lipinski definition) is 0. The molecular formula is C16H12FNO3. The van der Waals surface area contributed by atoms with Gasteiger partial charge < -0.3 is 9.15 Å². The van der Waals surface area contributed by atoms with Crippen molar-refractivity contribution in [3.8, 4) is 11.6 Å². The number of halogens is 1. The Bertz CT molecular complexity index is 886. The van der Waals surface area contributed by atoms with Crippen LogP contribution in [0.1, 0.15) is 11.1 Å². The summed E-state index contributed by atoms with van der Waals surface area (Å²) in [5.74, 6) is -0.325. The summed E-state index contributed by atoms with van der Waals surface area (Å²) in [4.78, 5) is 15.5. The molecule has 4 nitrogen and oxygen atoms in total. The van der Waals surface area contributed by atoms with Gasteiger partial charge in [0.2, 0.25) is 0 Å². The molecule has 0 radical (unpaired) electrons. The molecule has 2 aromatic heterocycles. The molecule has 0 spiro atoms. The first-order valence-corrected chi connectivity index (χ1v) is 6.38. The first-order valence-electron chi connectivity index (χ1n) is 6.38. The minimum atomic E-state index is -0.556. The Hall–Kier alpha value is -2.69. The Kier molecular flexibility index (Phi) is 3.17. The summed E-state index contributed by atoms with van der Waals surface area (Å²) in [6.07, 6.45) is 1.44. The van der Waals surface area contributed by atoms with Gasteiger partial charge in [0.15, 0.2) is 5.82 Å². The highest BCUT2D eigenvalue weighted by atomic mass is 19.1. The van der Waals surface area contributed by atoms with Crippen LogP contribution in [0.4, 0.5) is 4.39 Å². The van der Waals surface area contributed by atoms with Gasteiger partial charge in [-0.3, -0.25) is 0 Å². The minimum absolute atomic E-state index is 0.122. The zero-order valence-corrected chi connectivity index (χ0v) is 11.5. The number of ether oxygens (including phenoxy) is 1. The molecule has 106 valence electrons. The van der Waals surface area contributed by atoms with Gasteiger partial charge in [0, 0.05) is 23.2 Å². The van der Waals surface area contributed by atoms with Gasteiger partial charge >= 0.3 is 5.63 Å². The summed E-state index contributed by atoms with van der Waals surface area (Å²) >= 11 is 0. The molecule has 3 aromatic rings. The largest absolute Gasteiger partial charge is 0.436 e. The number of nitrogens with zero attached hydrogens (tertiary/aromatic N) is 1. The van der Waals surface area contributed by atoms with Crippen LogP contribution < -0.4 is 10.4 Å². The van der Waals surface area contributed by atoms with E-state index in [0.717, 1.165) is 10.9 Å². The average molecular weight is 285 g/mol. The van der Waals surface area contributed by atoms with Crippen LogP contribution in [-0.2, 0) is 0 Å². The number of pyridine rings is 1. The Morgan fingerprint density at radius 1 is 1.19 bits per heavy atom. The van der Waals surface area contributed by atoms with Gasteiger partial charge in [-0.2, -0.15) is 0 Å². The molecule has 2 heterocycles. The minimum Gasteiger partial charge on any atom is -0.436 e. The van der Waals surface area contributed by atoms with Crippen LogP contribution in [-0.4, -0.2) is 4.98 Å². The van der Waals surface area contributed by atoms with Crippen molar-refractivity contribution in [3.05, 3.63) is 63.9 Å². The van der Waals surface area contributed by atoms with Crippen LogP contribution in [0.15, 0.2) is 45.7 Å². The Balaban J connectivity index is 2.08. The SMILES string of the molecule is Cc1c(C)c2ccc(Oc3ncccc3F)cc2oc1=O. The maximum atomic E-state index is 13.5. The lowest BCUT2D eigenvalue weighted by Crippen LogP contribution is -2.05. The maximum absolute atomic E-state index is 13.5. The van der Waals surface area contributed by atoms with E-state index in [9.17, 15) is 9.18 Å². The van der Waals surface area contributed by atoms with Crippen molar-refractivity contribution in [2.75, 3.05) is 0 Å². The second-order valence-electron chi connectivity index (χ2n) is 4.69. The molecule has 0 N–H and O–H groups in total. The summed E-state index contributed by atoms with van der Waals surface area (Å²) in [6.45, 7) is 3.57. The summed E-state index contributed by atoms with van der Waals surface area (Å²) in [7, 11) is 0. The third kappa shape index (κ3) is 2.38. The fourth-order valence-electron chi connectivity index (χ4n) is 2.05. The lowest BCUT2D eigenvalue weighted by molar-refractivity contribution is 0.422. The average Bonchev–Trinajstić information content (AvgIpc) is 2.47. The highest BCUT2D eigenvalue weighted by Gasteiger charge is 2.10. The quantitative estimate of drug-likeness (QED) is 0.673. The first kappa shape index (κ1) is 13.3. The second kappa shape index (κ2) is 5.01. The van der Waals surface area contributed by atoms with Gasteiger partial charge in [0.05, 0.1) is 0 Å². The van der Waals surface area contributed by atoms with Crippen molar-refractivity contribution in [1.82, 2.24) is 4.98 Å². The van der Waals surface area contributed by atoms with Crippen LogP contribution in [0, 0.1) is 19.7 Å². The van der Waals surface area contributed by atoms with Crippen LogP contribution in [0.2, 0.25) is 0 Å². The number of aryl methyl sites for hydroxylation is 1. The molecule has 21 heavy (non-hydrogen) atoms. The number of benzene rings is 1. The summed E-state index contributed by atoms with van der Waals surface area (Å²) in [5, 5.41) is 0.820. The molecule has 0 aliphatic heterocycles. The molecule has 5 heteroatoms. The van der Waals surface area contributed by atoms with E-state index in [4.69, 9.17) is 9.15 Å². The number of rotatable bonds is 2. The molecule has 0 atom stereocenters. The van der Waals surface area contributed by atoms with Crippen LogP contribution in [0.5, 0.6) is 11.6 Å². The zero-order valence-electron chi connectivity index (χ0n) is 11.5. The smallest absolute Gasteiger partial charge is 0.339 e. The van der Waals surface area contributed by atoms with E-state index in [2.05, 4.69) is 4.98 Å². The van der Waals surface area contributed by atoms with Crippen molar-refractivity contribution in [1.29, 1.82) is 0 Å². The molecule has 0 bridgehead atoms. The van der Waals surface area contributed by atoms with E-state index in [1.807, 2.05) is 6.92 Å². The van der Waals surface area contributed by atoms with Gasteiger partial charge in [0.25, 0.3) is 5.88 Å². The predicted octanol–water partition coefficient (Wildman–Crippen LogP) is 3.74. The van der Waals surface area contributed by atoms with Crippen LogP contribution >= 0.6 is 0 Å². The highest BCUT2D eigenvalue weighted by Crippen LogP contribution is 2.27. The van der Waals surface area contributed by atoms with Crippen LogP contribution in [0.25, 0.3) is 11.0 Å². The van der Waals surface area contributed by atoms with E-state index in [0.29, 0.717) is 16.9 Å². The molecular weight excluding hydrogens is 273 g/mol. The molecule has 3 rings (SSSR count). The summed E-state index contributed by atoms with van der Waals surface area (Å²) in [6, 6.07) is 7.75. The maximum Gasteiger partial charge on any atom is 0.339 e.